The molecule has 0 amide bonds. The lowest BCUT2D eigenvalue weighted by Gasteiger charge is -2.05. The minimum absolute atomic E-state index is 0.0556. The van der Waals surface area contributed by atoms with Crippen LogP contribution in [0.1, 0.15) is 239 Å². The van der Waals surface area contributed by atoms with Crippen LogP contribution < -0.4 is 0 Å². The minimum atomic E-state index is -0.829. The van der Waals surface area contributed by atoms with Gasteiger partial charge in [-0.3, -0.25) is 4.79 Å². The molecule has 0 unspecified atom stereocenters. The number of ether oxygens (including phenoxy) is 1. The molecule has 0 aromatic rings. The summed E-state index contributed by atoms with van der Waals surface area (Å²) in [5, 5.41) is 7.84. The third-order valence-electron chi connectivity index (χ3n) is 9.92. The minimum Gasteiger partial charge on any atom is -0.481 e. The molecule has 1 heterocycles. The smallest absolute Gasteiger partial charge is 0.342 e. The Kier molecular flexibility index (Phi) is 35.9. The molecule has 0 fully saturated rings. The fourth-order valence-electron chi connectivity index (χ4n) is 6.78. The number of carbonyl (C=O) groups excluding carboxylic acids is 2. The van der Waals surface area contributed by atoms with Crippen LogP contribution in [0.2, 0.25) is 0 Å². The molecule has 5 heteroatoms. The lowest BCUT2D eigenvalue weighted by Crippen LogP contribution is -2.02. The summed E-state index contributed by atoms with van der Waals surface area (Å²) >= 11 is 0. The predicted molar refractivity (Wildman–Crippen MR) is 209 cm³/mol. The molecule has 0 bridgehead atoms. The van der Waals surface area contributed by atoms with Gasteiger partial charge < -0.3 is 9.84 Å². The van der Waals surface area contributed by atoms with Gasteiger partial charge in [0.1, 0.15) is 0 Å². The first-order chi connectivity index (χ1) is 24.0. The highest BCUT2D eigenvalue weighted by Gasteiger charge is 2.31. The average molecular weight is 689 g/mol. The average Bonchev–Trinajstić information content (AvgIpc) is 3.35. The second-order valence-electron chi connectivity index (χ2n) is 14.6. The number of cyclic esters (lactones) is 2. The summed E-state index contributed by atoms with van der Waals surface area (Å²) in [4.78, 5) is 34.0. The van der Waals surface area contributed by atoms with Crippen LogP contribution in [0, 0.1) is 0 Å². The maximum atomic E-state index is 12.3. The largest absolute Gasteiger partial charge is 0.481 e. The Morgan fingerprint density at radius 1 is 0.469 bits per heavy atom. The molecule has 5 nitrogen and oxygen atoms in total. The summed E-state index contributed by atoms with van der Waals surface area (Å²) in [7, 11) is 0. The number of aliphatic carboxylic acids is 1. The molecule has 49 heavy (non-hydrogen) atoms. The van der Waals surface area contributed by atoms with Crippen LogP contribution in [-0.4, -0.2) is 23.0 Å². The van der Waals surface area contributed by atoms with Crippen molar-refractivity contribution in [1.82, 2.24) is 0 Å². The molecule has 1 rings (SSSR count). The third kappa shape index (κ3) is 31.8. The number of hydrogen-bond donors (Lipinski definition) is 1. The number of esters is 2. The molecule has 0 atom stereocenters. The molecule has 286 valence electrons. The molecule has 0 spiro atoms. The molecule has 0 aromatic carbocycles. The third-order valence-corrected chi connectivity index (χ3v) is 9.92. The van der Waals surface area contributed by atoms with Gasteiger partial charge in [0.2, 0.25) is 0 Å². The first kappa shape index (κ1) is 47.1. The number of carboxylic acids is 1. The van der Waals surface area contributed by atoms with Crippen LogP contribution in [0.3, 0.4) is 0 Å². The lowest BCUT2D eigenvalue weighted by molar-refractivity contribution is -0.151. The van der Waals surface area contributed by atoms with E-state index in [0.717, 1.165) is 38.5 Å². The zero-order valence-corrected chi connectivity index (χ0v) is 32.6. The predicted octanol–water partition coefficient (Wildman–Crippen LogP) is 14.3. The van der Waals surface area contributed by atoms with E-state index in [1.165, 1.54) is 186 Å². The number of unbranched alkanes of at least 4 members (excludes halogenated alkanes) is 30. The molecule has 1 aliphatic heterocycles. The topological polar surface area (TPSA) is 80.7 Å². The second-order valence-corrected chi connectivity index (χ2v) is 14.6. The number of carboxylic acid groups (broad SMARTS) is 1. The van der Waals surface area contributed by atoms with Gasteiger partial charge in [0, 0.05) is 11.1 Å². The zero-order valence-electron chi connectivity index (χ0n) is 32.6. The van der Waals surface area contributed by atoms with Gasteiger partial charge >= 0.3 is 17.9 Å². The van der Waals surface area contributed by atoms with Crippen LogP contribution in [0.4, 0.5) is 0 Å². The fraction of sp³-hybridized carbons (Fsp3) is 0.841. The van der Waals surface area contributed by atoms with E-state index in [1.807, 2.05) is 0 Å². The summed E-state index contributed by atoms with van der Waals surface area (Å²) in [6.45, 7) is 7.79. The molecule has 0 aromatic heterocycles. The van der Waals surface area contributed by atoms with Crippen molar-refractivity contribution in [2.75, 3.05) is 0 Å². The van der Waals surface area contributed by atoms with E-state index in [9.17, 15) is 14.4 Å². The monoisotopic (exact) mass is 689 g/mol. The summed E-state index contributed by atoms with van der Waals surface area (Å²) in [6, 6.07) is 0. The van der Waals surface area contributed by atoms with Crippen molar-refractivity contribution in [3.63, 3.8) is 0 Å². The van der Waals surface area contributed by atoms with E-state index in [-0.39, 0.29) is 18.4 Å². The molecular weight excluding hydrogens is 608 g/mol. The van der Waals surface area contributed by atoms with Gasteiger partial charge in [-0.15, -0.1) is 6.58 Å². The Bertz CT molecular complexity index is 773. The molecule has 0 saturated carbocycles. The SMILES string of the molecule is C=CCC(=O)O.CCCCCCCCCCCCCCCCCCC1=C(CCCCCCCCCCCCCCCCCC)C(=O)OC1=O. The lowest BCUT2D eigenvalue weighted by atomic mass is 9.97. The molecule has 0 radical (unpaired) electrons. The molecular formula is C44H80O5. The van der Waals surface area contributed by atoms with E-state index in [1.54, 1.807) is 0 Å². The highest BCUT2D eigenvalue weighted by molar-refractivity contribution is 6.12. The van der Waals surface area contributed by atoms with Gasteiger partial charge in [0.25, 0.3) is 0 Å². The Hall–Kier alpha value is -1.91. The van der Waals surface area contributed by atoms with Gasteiger partial charge in [-0.2, -0.15) is 0 Å². The van der Waals surface area contributed by atoms with Crippen LogP contribution in [-0.2, 0) is 19.1 Å². The Labute approximate surface area is 303 Å². The summed E-state index contributed by atoms with van der Waals surface area (Å²) in [6.07, 6.45) is 45.8. The van der Waals surface area contributed by atoms with Crippen molar-refractivity contribution in [2.45, 2.75) is 239 Å². The van der Waals surface area contributed by atoms with Crippen molar-refractivity contribution < 1.29 is 24.2 Å². The Morgan fingerprint density at radius 3 is 0.878 bits per heavy atom. The van der Waals surface area contributed by atoms with Crippen molar-refractivity contribution in [3.8, 4) is 0 Å². The number of hydrogen-bond acceptors (Lipinski definition) is 4. The Morgan fingerprint density at radius 2 is 0.694 bits per heavy atom. The Balaban J connectivity index is 0.00000350. The maximum absolute atomic E-state index is 12.3. The summed E-state index contributed by atoms with van der Waals surface area (Å²) in [5.41, 5.74) is 1.38. The van der Waals surface area contributed by atoms with Crippen molar-refractivity contribution >= 4 is 17.9 Å². The van der Waals surface area contributed by atoms with Gasteiger partial charge in [-0.05, 0) is 25.7 Å². The first-order valence-electron chi connectivity index (χ1n) is 21.3. The standard InChI is InChI=1S/C40H74O3.C4H6O2/c1-3-5-7-9-11-13-15-17-19-21-23-25-27-29-31-33-35-37-38(40(42)43-39(37)41)36-34-32-30-28-26-24-22-20-18-16-14-12-10-8-6-4-2;1-2-3-4(5)6/h3-36H2,1-2H3;2H,1,3H2,(H,5,6). The van der Waals surface area contributed by atoms with E-state index < -0.39 is 5.97 Å². The quantitative estimate of drug-likeness (QED) is 0.0307. The van der Waals surface area contributed by atoms with Gasteiger partial charge in [0.05, 0.1) is 6.42 Å². The first-order valence-corrected chi connectivity index (χ1v) is 21.3. The fourth-order valence-corrected chi connectivity index (χ4v) is 6.78. The molecule has 1 N–H and O–H groups in total. The van der Waals surface area contributed by atoms with Crippen LogP contribution in [0.25, 0.3) is 0 Å². The highest BCUT2D eigenvalue weighted by Crippen LogP contribution is 2.27. The van der Waals surface area contributed by atoms with Crippen molar-refractivity contribution in [1.29, 1.82) is 0 Å². The summed E-state index contributed by atoms with van der Waals surface area (Å²) < 4.78 is 4.99. The highest BCUT2D eigenvalue weighted by atomic mass is 16.6. The van der Waals surface area contributed by atoms with Gasteiger partial charge in [-0.25, -0.2) is 9.59 Å². The van der Waals surface area contributed by atoms with E-state index in [0.29, 0.717) is 11.1 Å². The van der Waals surface area contributed by atoms with E-state index in [2.05, 4.69) is 20.4 Å². The molecule has 0 aliphatic carbocycles. The normalized spacial score (nSPS) is 12.7. The zero-order chi connectivity index (χ0) is 36.0. The number of carbonyl (C=O) groups is 3. The van der Waals surface area contributed by atoms with Gasteiger partial charge in [0.15, 0.2) is 0 Å². The number of rotatable bonds is 36. The van der Waals surface area contributed by atoms with Crippen LogP contribution >= 0.6 is 0 Å². The van der Waals surface area contributed by atoms with Crippen molar-refractivity contribution in [3.05, 3.63) is 23.8 Å². The summed E-state index contributed by atoms with van der Waals surface area (Å²) in [5.74, 6) is -1.56. The molecule has 1 aliphatic rings. The van der Waals surface area contributed by atoms with E-state index >= 15 is 0 Å². The second kappa shape index (κ2) is 37.3. The van der Waals surface area contributed by atoms with Crippen LogP contribution in [0.5, 0.6) is 0 Å². The van der Waals surface area contributed by atoms with E-state index in [4.69, 9.17) is 9.84 Å². The maximum Gasteiger partial charge on any atom is 0.342 e. The molecule has 0 saturated heterocycles. The van der Waals surface area contributed by atoms with Crippen LogP contribution in [0.15, 0.2) is 23.8 Å². The van der Waals surface area contributed by atoms with Crippen molar-refractivity contribution in [2.24, 2.45) is 0 Å². The van der Waals surface area contributed by atoms with Gasteiger partial charge in [-0.1, -0.05) is 213 Å².